The van der Waals surface area contributed by atoms with E-state index in [0.29, 0.717) is 26.8 Å². The Morgan fingerprint density at radius 3 is 2.73 bits per heavy atom. The lowest BCUT2D eigenvalue weighted by atomic mass is 10.2. The molecule has 0 radical (unpaired) electrons. The molecular formula is C15H13Cl2N3O2. The zero-order valence-electron chi connectivity index (χ0n) is 12.0. The summed E-state index contributed by atoms with van der Waals surface area (Å²) in [6, 6.07) is 3.12. The molecule has 2 aromatic heterocycles. The average Bonchev–Trinajstić information content (AvgIpc) is 2.91. The maximum absolute atomic E-state index is 12.5. The molecule has 0 saturated heterocycles. The number of oxazole rings is 1. The standard InChI is InChI=1S/C15H13Cl2N3O2/c1-8(2)12-5-18-13(22-12)6-20-7-19-14-10(15(20)21)3-9(16)4-11(14)17/h3-5,7-8H,6H2,1-2H3. The first-order valence-corrected chi connectivity index (χ1v) is 7.50. The van der Waals surface area contributed by atoms with E-state index < -0.39 is 0 Å². The van der Waals surface area contributed by atoms with Crippen LogP contribution in [0.25, 0.3) is 10.9 Å². The topological polar surface area (TPSA) is 60.9 Å². The summed E-state index contributed by atoms with van der Waals surface area (Å²) in [6.07, 6.45) is 3.11. The molecule has 7 heteroatoms. The van der Waals surface area contributed by atoms with Gasteiger partial charge in [-0.25, -0.2) is 9.97 Å². The normalized spacial score (nSPS) is 11.5. The molecule has 5 nitrogen and oxygen atoms in total. The van der Waals surface area contributed by atoms with Crippen molar-refractivity contribution in [1.82, 2.24) is 14.5 Å². The summed E-state index contributed by atoms with van der Waals surface area (Å²) in [7, 11) is 0. The van der Waals surface area contributed by atoms with Gasteiger partial charge in [0.25, 0.3) is 5.56 Å². The molecule has 0 fully saturated rings. The van der Waals surface area contributed by atoms with E-state index in [2.05, 4.69) is 9.97 Å². The van der Waals surface area contributed by atoms with Crippen molar-refractivity contribution in [2.45, 2.75) is 26.3 Å². The van der Waals surface area contributed by atoms with E-state index in [9.17, 15) is 4.79 Å². The van der Waals surface area contributed by atoms with Gasteiger partial charge in [-0.3, -0.25) is 9.36 Å². The molecule has 22 heavy (non-hydrogen) atoms. The van der Waals surface area contributed by atoms with E-state index in [1.54, 1.807) is 18.3 Å². The summed E-state index contributed by atoms with van der Waals surface area (Å²) in [5, 5.41) is 1.12. The highest BCUT2D eigenvalue weighted by Crippen LogP contribution is 2.24. The van der Waals surface area contributed by atoms with Crippen molar-refractivity contribution in [3.8, 4) is 0 Å². The van der Waals surface area contributed by atoms with E-state index in [1.807, 2.05) is 13.8 Å². The van der Waals surface area contributed by atoms with Crippen LogP contribution in [0.3, 0.4) is 0 Å². The Morgan fingerprint density at radius 1 is 1.27 bits per heavy atom. The Labute approximate surface area is 136 Å². The monoisotopic (exact) mass is 337 g/mol. The number of hydrogen-bond acceptors (Lipinski definition) is 4. The van der Waals surface area contributed by atoms with Gasteiger partial charge in [-0.2, -0.15) is 0 Å². The van der Waals surface area contributed by atoms with Crippen LogP contribution in [-0.2, 0) is 6.54 Å². The first kappa shape index (κ1) is 15.1. The van der Waals surface area contributed by atoms with Gasteiger partial charge in [0.05, 0.1) is 28.4 Å². The van der Waals surface area contributed by atoms with Gasteiger partial charge in [0.2, 0.25) is 5.89 Å². The van der Waals surface area contributed by atoms with E-state index >= 15 is 0 Å². The van der Waals surface area contributed by atoms with Gasteiger partial charge in [-0.1, -0.05) is 37.0 Å². The molecule has 0 bridgehead atoms. The van der Waals surface area contributed by atoms with Crippen LogP contribution >= 0.6 is 23.2 Å². The smallest absolute Gasteiger partial charge is 0.261 e. The lowest BCUT2D eigenvalue weighted by Crippen LogP contribution is -2.21. The molecule has 0 aliphatic heterocycles. The lowest BCUT2D eigenvalue weighted by Gasteiger charge is -2.06. The molecule has 0 saturated carbocycles. The Kier molecular flexibility index (Phi) is 3.93. The zero-order valence-corrected chi connectivity index (χ0v) is 13.5. The van der Waals surface area contributed by atoms with Crippen LogP contribution in [0.2, 0.25) is 10.0 Å². The molecule has 0 aliphatic rings. The fourth-order valence-corrected chi connectivity index (χ4v) is 2.66. The molecule has 3 aromatic rings. The quantitative estimate of drug-likeness (QED) is 0.727. The van der Waals surface area contributed by atoms with E-state index in [-0.39, 0.29) is 18.0 Å². The second-order valence-electron chi connectivity index (χ2n) is 5.27. The minimum absolute atomic E-state index is 0.207. The Balaban J connectivity index is 2.04. The first-order valence-electron chi connectivity index (χ1n) is 6.74. The molecular weight excluding hydrogens is 325 g/mol. The number of nitrogens with zero attached hydrogens (tertiary/aromatic N) is 3. The number of halogens is 2. The number of benzene rings is 1. The van der Waals surface area contributed by atoms with Gasteiger partial charge in [0.15, 0.2) is 0 Å². The molecule has 1 aromatic carbocycles. The highest BCUT2D eigenvalue weighted by Gasteiger charge is 2.12. The molecule has 0 amide bonds. The van der Waals surface area contributed by atoms with Gasteiger partial charge < -0.3 is 4.42 Å². The van der Waals surface area contributed by atoms with Crippen LogP contribution in [0, 0.1) is 0 Å². The largest absolute Gasteiger partial charge is 0.443 e. The first-order chi connectivity index (χ1) is 10.5. The number of hydrogen-bond donors (Lipinski definition) is 0. The van der Waals surface area contributed by atoms with Gasteiger partial charge in [-0.05, 0) is 12.1 Å². The molecule has 0 atom stereocenters. The summed E-state index contributed by atoms with van der Waals surface area (Å²) >= 11 is 12.0. The molecule has 0 N–H and O–H groups in total. The van der Waals surface area contributed by atoms with E-state index in [1.165, 1.54) is 10.9 Å². The van der Waals surface area contributed by atoms with Crippen LogP contribution < -0.4 is 5.56 Å². The molecule has 0 unspecified atom stereocenters. The molecule has 0 spiro atoms. The Bertz CT molecular complexity index is 899. The Hall–Kier alpha value is -1.85. The van der Waals surface area contributed by atoms with E-state index in [4.69, 9.17) is 27.6 Å². The zero-order chi connectivity index (χ0) is 15.9. The van der Waals surface area contributed by atoms with Crippen LogP contribution in [0.1, 0.15) is 31.4 Å². The molecule has 114 valence electrons. The van der Waals surface area contributed by atoms with Crippen molar-refractivity contribution >= 4 is 34.1 Å². The number of aromatic nitrogens is 3. The average molecular weight is 338 g/mol. The third kappa shape index (κ3) is 2.74. The van der Waals surface area contributed by atoms with Crippen LogP contribution in [0.4, 0.5) is 0 Å². The molecule has 2 heterocycles. The second kappa shape index (κ2) is 5.74. The highest BCUT2D eigenvalue weighted by molar-refractivity contribution is 6.38. The molecule has 0 aliphatic carbocycles. The summed E-state index contributed by atoms with van der Waals surface area (Å²) in [4.78, 5) is 20.9. The third-order valence-electron chi connectivity index (χ3n) is 3.29. The van der Waals surface area contributed by atoms with Crippen LogP contribution in [0.15, 0.2) is 33.9 Å². The summed E-state index contributed by atoms with van der Waals surface area (Å²) in [5.74, 6) is 1.48. The van der Waals surface area contributed by atoms with Gasteiger partial charge in [0.1, 0.15) is 12.3 Å². The predicted molar refractivity (Wildman–Crippen MR) is 85.7 cm³/mol. The number of rotatable bonds is 3. The highest BCUT2D eigenvalue weighted by atomic mass is 35.5. The van der Waals surface area contributed by atoms with Crippen LogP contribution in [0.5, 0.6) is 0 Å². The fraction of sp³-hybridized carbons (Fsp3) is 0.267. The van der Waals surface area contributed by atoms with Crippen molar-refractivity contribution in [3.63, 3.8) is 0 Å². The van der Waals surface area contributed by atoms with Crippen molar-refractivity contribution in [2.24, 2.45) is 0 Å². The number of fused-ring (bicyclic) bond motifs is 1. The van der Waals surface area contributed by atoms with Crippen molar-refractivity contribution < 1.29 is 4.42 Å². The van der Waals surface area contributed by atoms with Crippen LogP contribution in [-0.4, -0.2) is 14.5 Å². The summed E-state index contributed by atoms with van der Waals surface area (Å²) < 4.78 is 7.03. The van der Waals surface area contributed by atoms with Gasteiger partial charge in [0, 0.05) is 10.9 Å². The summed E-state index contributed by atoms with van der Waals surface area (Å²) in [5.41, 5.74) is 0.196. The fourth-order valence-electron chi connectivity index (χ4n) is 2.12. The SMILES string of the molecule is CC(C)c1cnc(Cn2cnc3c(Cl)cc(Cl)cc3c2=O)o1. The predicted octanol–water partition coefficient (Wildman–Crippen LogP) is 3.86. The van der Waals surface area contributed by atoms with Crippen molar-refractivity contribution in [1.29, 1.82) is 0 Å². The minimum atomic E-state index is -0.237. The maximum atomic E-state index is 12.5. The lowest BCUT2D eigenvalue weighted by molar-refractivity contribution is 0.426. The summed E-state index contributed by atoms with van der Waals surface area (Å²) in [6.45, 7) is 4.23. The van der Waals surface area contributed by atoms with Gasteiger partial charge in [-0.15, -0.1) is 0 Å². The van der Waals surface area contributed by atoms with Crippen molar-refractivity contribution in [3.05, 3.63) is 56.7 Å². The maximum Gasteiger partial charge on any atom is 0.261 e. The van der Waals surface area contributed by atoms with E-state index in [0.717, 1.165) is 5.76 Å². The minimum Gasteiger partial charge on any atom is -0.443 e. The third-order valence-corrected chi connectivity index (χ3v) is 3.80. The Morgan fingerprint density at radius 2 is 2.05 bits per heavy atom. The molecule has 3 rings (SSSR count). The van der Waals surface area contributed by atoms with Crippen molar-refractivity contribution in [2.75, 3.05) is 0 Å². The second-order valence-corrected chi connectivity index (χ2v) is 6.12. The van der Waals surface area contributed by atoms with Gasteiger partial charge >= 0.3 is 0 Å².